The molecule has 4 rings (SSSR count). The molecule has 0 unspecified atom stereocenters. The van der Waals surface area contributed by atoms with Crippen LogP contribution >= 0.6 is 22.9 Å². The zero-order chi connectivity index (χ0) is 26.1. The molecule has 1 aromatic heterocycles. The van der Waals surface area contributed by atoms with Crippen molar-refractivity contribution >= 4 is 55.3 Å². The number of likely N-dealkylation sites (tertiary alicyclic amines) is 1. The van der Waals surface area contributed by atoms with Crippen LogP contribution in [0.15, 0.2) is 46.3 Å². The Balaban J connectivity index is 1.66. The van der Waals surface area contributed by atoms with E-state index in [4.69, 9.17) is 11.6 Å². The largest absolute Gasteiger partial charge is 0.321 e. The minimum atomic E-state index is -3.64. The van der Waals surface area contributed by atoms with Crippen LogP contribution in [0, 0.1) is 0 Å². The maximum Gasteiger partial charge on any atom is 0.321 e. The van der Waals surface area contributed by atoms with Crippen LogP contribution in [0.2, 0.25) is 5.02 Å². The van der Waals surface area contributed by atoms with E-state index < -0.39 is 9.84 Å². The van der Waals surface area contributed by atoms with Crippen molar-refractivity contribution in [2.24, 2.45) is 12.0 Å². The molecule has 3 aromatic rings. The first-order chi connectivity index (χ1) is 17.1. The van der Waals surface area contributed by atoms with Crippen molar-refractivity contribution in [3.8, 4) is 0 Å². The molecule has 1 aliphatic heterocycles. The highest BCUT2D eigenvalue weighted by molar-refractivity contribution is 7.91. The summed E-state index contributed by atoms with van der Waals surface area (Å²) >= 11 is 7.67. The number of piperidine rings is 1. The van der Waals surface area contributed by atoms with E-state index in [1.54, 1.807) is 42.6 Å². The zero-order valence-electron chi connectivity index (χ0n) is 21.3. The molecule has 0 aliphatic carbocycles. The third-order valence-corrected chi connectivity index (χ3v) is 10.0. The number of carbonyl (C=O) groups excluding carboxylic acids is 1. The van der Waals surface area contributed by atoms with E-state index >= 15 is 0 Å². The van der Waals surface area contributed by atoms with Crippen molar-refractivity contribution in [2.45, 2.75) is 37.1 Å². The molecule has 0 bridgehead atoms. The summed E-state index contributed by atoms with van der Waals surface area (Å²) in [5.41, 5.74) is 0. The number of halogens is 1. The maximum absolute atomic E-state index is 14.0. The molecule has 2 heterocycles. The maximum atomic E-state index is 14.0. The Bertz CT molecular complexity index is 1450. The Labute approximate surface area is 222 Å². The molecule has 10 heteroatoms. The summed E-state index contributed by atoms with van der Waals surface area (Å²) in [7, 11) is 4.12. The van der Waals surface area contributed by atoms with Crippen molar-refractivity contribution < 1.29 is 13.2 Å². The summed E-state index contributed by atoms with van der Waals surface area (Å²) in [5.74, 6) is 0.702. The van der Waals surface area contributed by atoms with E-state index in [1.807, 2.05) is 37.8 Å². The Morgan fingerprint density at radius 2 is 1.78 bits per heavy atom. The third-order valence-electron chi connectivity index (χ3n) is 6.90. The Morgan fingerprint density at radius 1 is 1.11 bits per heavy atom. The van der Waals surface area contributed by atoms with Crippen molar-refractivity contribution in [2.75, 3.05) is 40.0 Å². The lowest BCUT2D eigenvalue weighted by Crippen LogP contribution is -2.59. The highest BCUT2D eigenvalue weighted by Crippen LogP contribution is 2.35. The SMILES string of the molecule is C/N=c1\sc(CN(C)C)c([N+]2(C(=O)CCS(=O)(=O)c3ccc4cc(Cl)ccc4c3)CCCCC2)n1C. The van der Waals surface area contributed by atoms with Gasteiger partial charge >= 0.3 is 5.91 Å². The van der Waals surface area contributed by atoms with Gasteiger partial charge in [-0.1, -0.05) is 35.1 Å². The van der Waals surface area contributed by atoms with Crippen molar-refractivity contribution in [1.82, 2.24) is 14.0 Å². The van der Waals surface area contributed by atoms with Gasteiger partial charge in [0.05, 0.1) is 30.2 Å². The number of hydrogen-bond acceptors (Lipinski definition) is 6. The average molecular weight is 550 g/mol. The summed E-state index contributed by atoms with van der Waals surface area (Å²) in [6.45, 7) is 2.07. The first kappa shape index (κ1) is 27.0. The predicted octanol–water partition coefficient (Wildman–Crippen LogP) is 4.37. The van der Waals surface area contributed by atoms with Crippen LogP contribution in [0.5, 0.6) is 0 Å². The molecule has 7 nitrogen and oxygen atoms in total. The molecule has 2 aromatic carbocycles. The van der Waals surface area contributed by atoms with Gasteiger partial charge in [0, 0.05) is 25.7 Å². The lowest BCUT2D eigenvalue weighted by Gasteiger charge is -2.39. The number of carbonyl (C=O) groups is 1. The minimum Gasteiger partial charge on any atom is -0.304 e. The second kappa shape index (κ2) is 10.8. The average Bonchev–Trinajstić information content (AvgIpc) is 3.17. The van der Waals surface area contributed by atoms with E-state index in [9.17, 15) is 13.2 Å². The molecule has 194 valence electrons. The number of amides is 1. The van der Waals surface area contributed by atoms with Gasteiger partial charge in [0.2, 0.25) is 5.82 Å². The Hall–Kier alpha value is -2.04. The molecule has 0 saturated carbocycles. The summed E-state index contributed by atoms with van der Waals surface area (Å²) in [6, 6.07) is 10.4. The fourth-order valence-electron chi connectivity index (χ4n) is 5.19. The number of sulfone groups is 1. The van der Waals surface area contributed by atoms with Crippen LogP contribution in [0.25, 0.3) is 10.8 Å². The second-order valence-electron chi connectivity index (χ2n) is 9.74. The Morgan fingerprint density at radius 3 is 2.44 bits per heavy atom. The smallest absolute Gasteiger partial charge is 0.304 e. The number of thiazole rings is 1. The van der Waals surface area contributed by atoms with Crippen LogP contribution in [0.1, 0.15) is 30.6 Å². The topological polar surface area (TPSA) is 71.7 Å². The Kier molecular flexibility index (Phi) is 8.07. The van der Waals surface area contributed by atoms with Gasteiger partial charge in [0.1, 0.15) is 4.88 Å². The molecular formula is C26H34ClN4O3S2+. The second-order valence-corrected chi connectivity index (χ2v) is 13.4. The van der Waals surface area contributed by atoms with Crippen molar-refractivity contribution in [3.63, 3.8) is 0 Å². The highest BCUT2D eigenvalue weighted by Gasteiger charge is 2.45. The van der Waals surface area contributed by atoms with Crippen LogP contribution in [-0.2, 0) is 28.2 Å². The molecule has 0 radical (unpaired) electrons. The van der Waals surface area contributed by atoms with Crippen molar-refractivity contribution in [1.29, 1.82) is 0 Å². The van der Waals surface area contributed by atoms with Gasteiger partial charge in [-0.05, 0) is 68.4 Å². The zero-order valence-corrected chi connectivity index (χ0v) is 23.7. The number of hydrogen-bond donors (Lipinski definition) is 0. The highest BCUT2D eigenvalue weighted by atomic mass is 35.5. The van der Waals surface area contributed by atoms with E-state index in [-0.39, 0.29) is 27.5 Å². The van der Waals surface area contributed by atoms with E-state index in [2.05, 4.69) is 9.89 Å². The van der Waals surface area contributed by atoms with E-state index in [1.165, 1.54) is 0 Å². The lowest BCUT2D eigenvalue weighted by atomic mass is 10.1. The first-order valence-electron chi connectivity index (χ1n) is 12.2. The number of benzene rings is 2. The van der Waals surface area contributed by atoms with Gasteiger partial charge in [0.15, 0.2) is 14.6 Å². The quantitative estimate of drug-likeness (QED) is 0.410. The molecule has 1 aliphatic rings. The van der Waals surface area contributed by atoms with Crippen LogP contribution in [0.4, 0.5) is 5.82 Å². The van der Waals surface area contributed by atoms with Crippen LogP contribution in [0.3, 0.4) is 0 Å². The summed E-state index contributed by atoms with van der Waals surface area (Å²) in [5, 5.41) is 2.29. The number of aromatic nitrogens is 1. The third kappa shape index (κ3) is 5.31. The molecule has 1 saturated heterocycles. The van der Waals surface area contributed by atoms with Crippen molar-refractivity contribution in [3.05, 3.63) is 51.1 Å². The van der Waals surface area contributed by atoms with E-state index in [0.717, 1.165) is 45.5 Å². The molecule has 36 heavy (non-hydrogen) atoms. The predicted molar refractivity (Wildman–Crippen MR) is 148 cm³/mol. The van der Waals surface area contributed by atoms with Gasteiger partial charge in [-0.15, -0.1) is 0 Å². The molecular weight excluding hydrogens is 516 g/mol. The van der Waals surface area contributed by atoms with Gasteiger partial charge in [-0.3, -0.25) is 9.56 Å². The lowest BCUT2D eigenvalue weighted by molar-refractivity contribution is -0.131. The number of nitrogens with zero attached hydrogens (tertiary/aromatic N) is 4. The number of fused-ring (bicyclic) bond motifs is 1. The molecule has 1 amide bonds. The van der Waals surface area contributed by atoms with Gasteiger partial charge in [-0.25, -0.2) is 17.7 Å². The molecule has 0 N–H and O–H groups in total. The van der Waals surface area contributed by atoms with Gasteiger partial charge in [-0.2, -0.15) is 0 Å². The van der Waals surface area contributed by atoms with Gasteiger partial charge < -0.3 is 4.90 Å². The summed E-state index contributed by atoms with van der Waals surface area (Å²) < 4.78 is 28.8. The van der Waals surface area contributed by atoms with E-state index in [0.29, 0.717) is 24.7 Å². The van der Waals surface area contributed by atoms with Gasteiger partial charge in [0.25, 0.3) is 0 Å². The van der Waals surface area contributed by atoms with Crippen LogP contribution < -0.4 is 9.28 Å². The minimum absolute atomic E-state index is 0.0309. The summed E-state index contributed by atoms with van der Waals surface area (Å²) in [6.07, 6.45) is 2.91. The first-order valence-corrected chi connectivity index (χ1v) is 15.0. The summed E-state index contributed by atoms with van der Waals surface area (Å²) in [4.78, 5) is 22.7. The fourth-order valence-corrected chi connectivity index (χ4v) is 7.89. The molecule has 1 fully saturated rings. The fraction of sp³-hybridized carbons (Fsp3) is 0.462. The monoisotopic (exact) mass is 549 g/mol. The number of rotatable bonds is 7. The normalized spacial score (nSPS) is 16.7. The molecule has 0 atom stereocenters. The standard InChI is InChI=1S/C26H34ClN4O3S2/c1-28-26-30(4)25(23(35-26)18-29(2)3)31(13-6-5-7-14-31)24(32)12-15-36(33,34)22-11-9-19-16-21(27)10-8-20(19)17-22/h8-11,16-17H,5-7,12-15,18H2,1-4H3/q+1/b28-26-. The van der Waals surface area contributed by atoms with Crippen LogP contribution in [-0.4, -0.2) is 63.8 Å². The molecule has 0 spiro atoms. The number of quaternary nitrogens is 1.